The van der Waals surface area contributed by atoms with Crippen molar-refractivity contribution in [2.45, 2.75) is 39.5 Å². The van der Waals surface area contributed by atoms with E-state index in [1.165, 1.54) is 34.7 Å². The van der Waals surface area contributed by atoms with Crippen molar-refractivity contribution in [2.24, 2.45) is 0 Å². The first kappa shape index (κ1) is 12.9. The molecule has 0 radical (unpaired) electrons. The van der Waals surface area contributed by atoms with Gasteiger partial charge in [0.1, 0.15) is 5.75 Å². The van der Waals surface area contributed by atoms with Crippen LogP contribution < -0.4 is 4.74 Å². The van der Waals surface area contributed by atoms with E-state index >= 15 is 0 Å². The molecule has 0 aliphatic rings. The highest BCUT2D eigenvalue weighted by atomic mass is 16.5. The quantitative estimate of drug-likeness (QED) is 0.735. The summed E-state index contributed by atoms with van der Waals surface area (Å²) in [5.74, 6) is 0.989. The minimum absolute atomic E-state index is 0.989. The van der Waals surface area contributed by atoms with E-state index in [-0.39, 0.29) is 0 Å². The van der Waals surface area contributed by atoms with Crippen LogP contribution in [0.15, 0.2) is 30.3 Å². The summed E-state index contributed by atoms with van der Waals surface area (Å²) < 4.78 is 5.49. The summed E-state index contributed by atoms with van der Waals surface area (Å²) in [6, 6.07) is 11.0. The monoisotopic (exact) mass is 242 g/mol. The van der Waals surface area contributed by atoms with Crippen molar-refractivity contribution in [3.63, 3.8) is 0 Å². The van der Waals surface area contributed by atoms with Crippen molar-refractivity contribution in [3.05, 3.63) is 41.5 Å². The Hall–Kier alpha value is -1.50. The van der Waals surface area contributed by atoms with Crippen LogP contribution in [0.5, 0.6) is 5.75 Å². The first-order valence-electron chi connectivity index (χ1n) is 6.88. The number of hydrogen-bond donors (Lipinski definition) is 0. The molecule has 0 bridgehead atoms. The third-order valence-corrected chi connectivity index (χ3v) is 3.38. The zero-order valence-electron chi connectivity index (χ0n) is 11.6. The summed E-state index contributed by atoms with van der Waals surface area (Å²) >= 11 is 0. The third-order valence-electron chi connectivity index (χ3n) is 3.38. The molecule has 0 atom stereocenters. The van der Waals surface area contributed by atoms with E-state index in [9.17, 15) is 0 Å². The Balaban J connectivity index is 2.64. The Morgan fingerprint density at radius 3 is 2.39 bits per heavy atom. The number of benzene rings is 2. The second kappa shape index (κ2) is 5.90. The van der Waals surface area contributed by atoms with Gasteiger partial charge in [0.15, 0.2) is 0 Å². The second-order valence-corrected chi connectivity index (χ2v) is 4.81. The van der Waals surface area contributed by atoms with Gasteiger partial charge >= 0.3 is 0 Å². The molecule has 18 heavy (non-hydrogen) atoms. The smallest absolute Gasteiger partial charge is 0.126 e. The molecule has 0 unspecified atom stereocenters. The molecule has 0 amide bonds. The van der Waals surface area contributed by atoms with Gasteiger partial charge in [-0.05, 0) is 41.5 Å². The molecular weight excluding hydrogens is 220 g/mol. The lowest BCUT2D eigenvalue weighted by molar-refractivity contribution is 0.420. The molecule has 96 valence electrons. The number of fused-ring (bicyclic) bond motifs is 1. The maximum Gasteiger partial charge on any atom is 0.126 e. The SMILES string of the molecule is CCCc1cc(CCC)c2cccc(OC)c2c1. The molecule has 2 aromatic carbocycles. The highest BCUT2D eigenvalue weighted by Crippen LogP contribution is 2.30. The standard InChI is InChI=1S/C17H22O/c1-4-7-13-11-14(8-5-2)15-9-6-10-17(18-3)16(15)12-13/h6,9-12H,4-5,7-8H2,1-3H3. The van der Waals surface area contributed by atoms with Crippen molar-refractivity contribution < 1.29 is 4.74 Å². The Kier molecular flexibility index (Phi) is 4.24. The zero-order chi connectivity index (χ0) is 13.0. The molecule has 0 heterocycles. The van der Waals surface area contributed by atoms with Crippen LogP contribution in [0, 0.1) is 0 Å². The Bertz CT molecular complexity index is 528. The van der Waals surface area contributed by atoms with E-state index in [2.05, 4.69) is 38.1 Å². The highest BCUT2D eigenvalue weighted by molar-refractivity contribution is 5.91. The lowest BCUT2D eigenvalue weighted by Gasteiger charge is -2.12. The average molecular weight is 242 g/mol. The Morgan fingerprint density at radius 1 is 0.944 bits per heavy atom. The van der Waals surface area contributed by atoms with Gasteiger partial charge in [-0.15, -0.1) is 0 Å². The van der Waals surface area contributed by atoms with Gasteiger partial charge in [-0.1, -0.05) is 44.9 Å². The molecule has 2 rings (SSSR count). The van der Waals surface area contributed by atoms with Crippen LogP contribution in [-0.4, -0.2) is 7.11 Å². The Morgan fingerprint density at radius 2 is 1.72 bits per heavy atom. The molecule has 0 aliphatic heterocycles. The van der Waals surface area contributed by atoms with E-state index in [0.717, 1.165) is 18.6 Å². The summed E-state index contributed by atoms with van der Waals surface area (Å²) in [5.41, 5.74) is 2.88. The van der Waals surface area contributed by atoms with Crippen LogP contribution in [0.25, 0.3) is 10.8 Å². The van der Waals surface area contributed by atoms with Crippen LogP contribution in [0.4, 0.5) is 0 Å². The van der Waals surface area contributed by atoms with Crippen LogP contribution in [0.3, 0.4) is 0 Å². The predicted molar refractivity (Wildman–Crippen MR) is 78.5 cm³/mol. The van der Waals surface area contributed by atoms with Crippen LogP contribution in [0.1, 0.15) is 37.8 Å². The topological polar surface area (TPSA) is 9.23 Å². The third kappa shape index (κ3) is 2.50. The molecular formula is C17H22O. The van der Waals surface area contributed by atoms with E-state index in [1.807, 2.05) is 6.07 Å². The van der Waals surface area contributed by atoms with E-state index in [0.29, 0.717) is 0 Å². The van der Waals surface area contributed by atoms with Gasteiger partial charge < -0.3 is 4.74 Å². The first-order chi connectivity index (χ1) is 8.80. The predicted octanol–water partition coefficient (Wildman–Crippen LogP) is 4.75. The van der Waals surface area contributed by atoms with Crippen molar-refractivity contribution in [1.29, 1.82) is 0 Å². The second-order valence-electron chi connectivity index (χ2n) is 4.81. The highest BCUT2D eigenvalue weighted by Gasteiger charge is 2.07. The molecule has 1 heteroatoms. The zero-order valence-corrected chi connectivity index (χ0v) is 11.6. The molecule has 2 aromatic rings. The summed E-state index contributed by atoms with van der Waals surface area (Å²) in [5, 5.41) is 2.60. The minimum Gasteiger partial charge on any atom is -0.496 e. The number of hydrogen-bond acceptors (Lipinski definition) is 1. The largest absolute Gasteiger partial charge is 0.496 e. The molecule has 0 aliphatic carbocycles. The lowest BCUT2D eigenvalue weighted by Crippen LogP contribution is -1.93. The van der Waals surface area contributed by atoms with Crippen LogP contribution in [0.2, 0.25) is 0 Å². The van der Waals surface area contributed by atoms with Gasteiger partial charge in [0.2, 0.25) is 0 Å². The summed E-state index contributed by atoms with van der Waals surface area (Å²) in [4.78, 5) is 0. The van der Waals surface area contributed by atoms with Crippen molar-refractivity contribution in [1.82, 2.24) is 0 Å². The normalized spacial score (nSPS) is 10.8. The fourth-order valence-electron chi connectivity index (χ4n) is 2.59. The first-order valence-corrected chi connectivity index (χ1v) is 6.88. The fraction of sp³-hybridized carbons (Fsp3) is 0.412. The Labute approximate surface area is 110 Å². The number of rotatable bonds is 5. The molecule has 0 saturated heterocycles. The van der Waals surface area contributed by atoms with E-state index < -0.39 is 0 Å². The number of methoxy groups -OCH3 is 1. The van der Waals surface area contributed by atoms with Gasteiger partial charge in [-0.2, -0.15) is 0 Å². The molecule has 0 spiro atoms. The number of ether oxygens (including phenoxy) is 1. The summed E-state index contributed by atoms with van der Waals surface area (Å²) in [6.45, 7) is 4.46. The van der Waals surface area contributed by atoms with E-state index in [1.54, 1.807) is 7.11 Å². The summed E-state index contributed by atoms with van der Waals surface area (Å²) in [7, 11) is 1.75. The van der Waals surface area contributed by atoms with Crippen LogP contribution >= 0.6 is 0 Å². The molecule has 0 aromatic heterocycles. The number of aryl methyl sites for hydroxylation is 2. The minimum atomic E-state index is 0.989. The van der Waals surface area contributed by atoms with Gasteiger partial charge in [0.25, 0.3) is 0 Å². The van der Waals surface area contributed by atoms with Crippen molar-refractivity contribution in [3.8, 4) is 5.75 Å². The van der Waals surface area contributed by atoms with E-state index in [4.69, 9.17) is 4.74 Å². The molecule has 0 saturated carbocycles. The van der Waals surface area contributed by atoms with Gasteiger partial charge in [-0.25, -0.2) is 0 Å². The van der Waals surface area contributed by atoms with Crippen molar-refractivity contribution in [2.75, 3.05) is 7.11 Å². The van der Waals surface area contributed by atoms with Crippen molar-refractivity contribution >= 4 is 10.8 Å². The van der Waals surface area contributed by atoms with Crippen LogP contribution in [-0.2, 0) is 12.8 Å². The lowest BCUT2D eigenvalue weighted by atomic mass is 9.96. The van der Waals surface area contributed by atoms with Gasteiger partial charge in [0.05, 0.1) is 7.11 Å². The molecule has 0 N–H and O–H groups in total. The maximum absolute atomic E-state index is 5.49. The molecule has 0 fully saturated rings. The maximum atomic E-state index is 5.49. The van der Waals surface area contributed by atoms with Gasteiger partial charge in [0, 0.05) is 5.39 Å². The average Bonchev–Trinajstić information content (AvgIpc) is 2.39. The fourth-order valence-corrected chi connectivity index (χ4v) is 2.59. The van der Waals surface area contributed by atoms with Gasteiger partial charge in [-0.3, -0.25) is 0 Å². The summed E-state index contributed by atoms with van der Waals surface area (Å²) in [6.07, 6.45) is 4.65. The molecule has 1 nitrogen and oxygen atoms in total.